The predicted octanol–water partition coefficient (Wildman–Crippen LogP) is 7.87. The van der Waals surface area contributed by atoms with Gasteiger partial charge in [-0.3, -0.25) is 0 Å². The van der Waals surface area contributed by atoms with Gasteiger partial charge in [-0.05, 0) is 33.8 Å². The van der Waals surface area contributed by atoms with Gasteiger partial charge in [-0.25, -0.2) is 0 Å². The summed E-state index contributed by atoms with van der Waals surface area (Å²) in [5.74, 6) is 0. The molecule has 181 valence electrons. The van der Waals surface area contributed by atoms with Crippen molar-refractivity contribution in [1.29, 1.82) is 0 Å². The first-order valence-electron chi connectivity index (χ1n) is 12.0. The Hall–Kier alpha value is -1.07. The van der Waals surface area contributed by atoms with E-state index in [1.54, 1.807) is 0 Å². The summed E-state index contributed by atoms with van der Waals surface area (Å²) in [6.45, 7) is 20.8. The Balaban J connectivity index is 2.30. The Morgan fingerprint density at radius 1 is 0.412 bits per heavy atom. The number of benzene rings is 3. The van der Waals surface area contributed by atoms with E-state index in [0.29, 0.717) is 0 Å². The van der Waals surface area contributed by atoms with Crippen LogP contribution in [0.15, 0.2) is 87.5 Å². The van der Waals surface area contributed by atoms with Crippen LogP contribution in [0.25, 0.3) is 0 Å². The molecular formula is C30H39S3Si. The molecule has 0 aliphatic carbocycles. The lowest BCUT2D eigenvalue weighted by atomic mass is 10.3. The van der Waals surface area contributed by atoms with E-state index in [0.717, 1.165) is 0 Å². The highest BCUT2D eigenvalue weighted by atomic mass is 32.2. The van der Waals surface area contributed by atoms with Crippen LogP contribution in [0, 0.1) is 0 Å². The minimum atomic E-state index is -1.24. The van der Waals surface area contributed by atoms with E-state index < -0.39 is 8.80 Å². The van der Waals surface area contributed by atoms with E-state index in [1.165, 1.54) is 30.2 Å². The topological polar surface area (TPSA) is 0 Å². The van der Waals surface area contributed by atoms with Gasteiger partial charge in [0, 0.05) is 28.9 Å². The van der Waals surface area contributed by atoms with Crippen LogP contribution in [-0.2, 0) is 0 Å². The van der Waals surface area contributed by atoms with Gasteiger partial charge in [0.1, 0.15) is 0 Å². The van der Waals surface area contributed by atoms with Crippen LogP contribution in [-0.4, -0.2) is 23.0 Å². The van der Waals surface area contributed by atoms with Crippen LogP contribution in [0.3, 0.4) is 0 Å². The normalized spacial score (nSPS) is 12.9. The van der Waals surface area contributed by atoms with Crippen molar-refractivity contribution < 1.29 is 0 Å². The fourth-order valence-electron chi connectivity index (χ4n) is 3.71. The van der Waals surface area contributed by atoms with E-state index in [4.69, 9.17) is 0 Å². The minimum absolute atomic E-state index is 0.155. The monoisotopic (exact) mass is 523 g/mol. The first-order chi connectivity index (χ1) is 15.7. The molecule has 0 aliphatic rings. The summed E-state index contributed by atoms with van der Waals surface area (Å²) in [5, 5.41) is 4.49. The lowest BCUT2D eigenvalue weighted by molar-refractivity contribution is 0.803. The zero-order valence-electron chi connectivity index (χ0n) is 22.2. The number of hydrogen-bond donors (Lipinski definition) is 0. The summed E-state index contributed by atoms with van der Waals surface area (Å²) < 4.78 is 0.466. The molecule has 4 heteroatoms. The molecule has 0 aromatic heterocycles. The molecule has 0 unspecified atom stereocenters. The maximum absolute atomic E-state index is 2.39. The zero-order chi connectivity index (χ0) is 25.1. The van der Waals surface area contributed by atoms with Crippen molar-refractivity contribution in [3.63, 3.8) is 0 Å². The SMILES string of the molecule is CC(C)(C)Sc1ccccc1[Si](c1ccccc1SC(C)(C)C)c1ccccc1SC(C)(C)C. The number of thioether (sulfide) groups is 3. The van der Waals surface area contributed by atoms with Crippen molar-refractivity contribution in [2.24, 2.45) is 0 Å². The van der Waals surface area contributed by atoms with Gasteiger partial charge in [0.15, 0.2) is 8.80 Å². The lowest BCUT2D eigenvalue weighted by Crippen LogP contribution is -2.54. The number of rotatable bonds is 6. The van der Waals surface area contributed by atoms with Crippen molar-refractivity contribution in [3.05, 3.63) is 72.8 Å². The second-order valence-corrected chi connectivity index (χ2v) is 19.5. The standard InChI is InChI=1S/C30H39S3Si/c1-28(2,3)31-22-16-10-13-19-25(22)34(26-20-14-11-17-23(26)32-29(4,5)6)27-21-15-12-18-24(27)33-30(7,8)9/h10-21H,1-9H3. The van der Waals surface area contributed by atoms with Gasteiger partial charge >= 0.3 is 0 Å². The van der Waals surface area contributed by atoms with Crippen molar-refractivity contribution in [2.45, 2.75) is 91.2 Å². The van der Waals surface area contributed by atoms with Crippen molar-refractivity contribution in [1.82, 2.24) is 0 Å². The lowest BCUT2D eigenvalue weighted by Gasteiger charge is -2.29. The van der Waals surface area contributed by atoms with Gasteiger partial charge in [0.05, 0.1) is 0 Å². The van der Waals surface area contributed by atoms with E-state index in [9.17, 15) is 0 Å². The van der Waals surface area contributed by atoms with E-state index >= 15 is 0 Å². The average Bonchev–Trinajstić information content (AvgIpc) is 2.68. The summed E-state index contributed by atoms with van der Waals surface area (Å²) >= 11 is 5.98. The molecular weight excluding hydrogens is 485 g/mol. The maximum atomic E-state index is 2.39. The van der Waals surface area contributed by atoms with Crippen molar-refractivity contribution in [2.75, 3.05) is 0 Å². The van der Waals surface area contributed by atoms with Gasteiger partial charge < -0.3 is 0 Å². The molecule has 0 amide bonds. The Morgan fingerprint density at radius 2 is 0.647 bits per heavy atom. The molecule has 3 aromatic rings. The molecule has 3 aromatic carbocycles. The quantitative estimate of drug-likeness (QED) is 0.183. The van der Waals surface area contributed by atoms with Crippen LogP contribution in [0.2, 0.25) is 0 Å². The predicted molar refractivity (Wildman–Crippen MR) is 161 cm³/mol. The molecule has 0 atom stereocenters. The Kier molecular flexibility index (Phi) is 8.82. The van der Waals surface area contributed by atoms with Gasteiger partial charge in [0.2, 0.25) is 0 Å². The van der Waals surface area contributed by atoms with Crippen molar-refractivity contribution in [3.8, 4) is 0 Å². The smallest absolute Gasteiger partial charge is 0.120 e. The maximum Gasteiger partial charge on any atom is 0.158 e. The summed E-state index contributed by atoms with van der Waals surface area (Å²) in [6, 6.07) is 27.4. The van der Waals surface area contributed by atoms with Crippen LogP contribution >= 0.6 is 35.3 Å². The highest BCUT2D eigenvalue weighted by Gasteiger charge is 2.30. The number of hydrogen-bond acceptors (Lipinski definition) is 3. The summed E-state index contributed by atoms with van der Waals surface area (Å²) in [5.41, 5.74) is 0. The zero-order valence-corrected chi connectivity index (χ0v) is 25.6. The molecule has 34 heavy (non-hydrogen) atoms. The van der Waals surface area contributed by atoms with Crippen LogP contribution in [0.5, 0.6) is 0 Å². The van der Waals surface area contributed by atoms with Crippen LogP contribution in [0.1, 0.15) is 62.3 Å². The molecule has 0 aliphatic heterocycles. The summed E-state index contributed by atoms with van der Waals surface area (Å²) in [6.07, 6.45) is 0. The Bertz CT molecular complexity index is 959. The highest BCUT2D eigenvalue weighted by molar-refractivity contribution is 8.01. The molecule has 0 bridgehead atoms. The molecule has 0 saturated carbocycles. The largest absolute Gasteiger partial charge is 0.158 e. The van der Waals surface area contributed by atoms with E-state index in [2.05, 4.69) is 135 Å². The first-order valence-corrected chi connectivity index (χ1v) is 15.9. The summed E-state index contributed by atoms with van der Waals surface area (Å²) in [4.78, 5) is 4.24. The molecule has 0 fully saturated rings. The fraction of sp³-hybridized carbons (Fsp3) is 0.400. The third-order valence-corrected chi connectivity index (χ3v) is 11.8. The minimum Gasteiger partial charge on any atom is -0.120 e. The molecule has 1 radical (unpaired) electrons. The third kappa shape index (κ3) is 7.98. The molecule has 0 N–H and O–H groups in total. The molecule has 0 saturated heterocycles. The highest BCUT2D eigenvalue weighted by Crippen LogP contribution is 2.34. The molecule has 0 heterocycles. The van der Waals surface area contributed by atoms with Crippen LogP contribution < -0.4 is 15.6 Å². The molecule has 3 rings (SSSR count). The van der Waals surface area contributed by atoms with Gasteiger partial charge in [0.25, 0.3) is 0 Å². The second-order valence-electron chi connectivity index (χ2n) is 11.5. The third-order valence-electron chi connectivity index (χ3n) is 4.72. The average molecular weight is 524 g/mol. The second kappa shape index (κ2) is 10.9. The Labute approximate surface area is 222 Å². The van der Waals surface area contributed by atoms with E-state index in [1.807, 2.05) is 35.3 Å². The van der Waals surface area contributed by atoms with Crippen molar-refractivity contribution >= 4 is 59.6 Å². The fourth-order valence-corrected chi connectivity index (χ4v) is 10.7. The van der Waals surface area contributed by atoms with Gasteiger partial charge in [-0.1, -0.05) is 117 Å². The Morgan fingerprint density at radius 3 is 0.882 bits per heavy atom. The molecule has 0 nitrogen and oxygen atoms in total. The van der Waals surface area contributed by atoms with Gasteiger partial charge in [-0.2, -0.15) is 0 Å². The van der Waals surface area contributed by atoms with Crippen LogP contribution in [0.4, 0.5) is 0 Å². The summed E-state index contributed by atoms with van der Waals surface area (Å²) in [7, 11) is -1.24. The van der Waals surface area contributed by atoms with E-state index in [-0.39, 0.29) is 14.2 Å². The molecule has 0 spiro atoms. The first kappa shape index (κ1) is 27.5. The van der Waals surface area contributed by atoms with Gasteiger partial charge in [-0.15, -0.1) is 35.3 Å².